The summed E-state index contributed by atoms with van der Waals surface area (Å²) in [5, 5.41) is 13.9. The van der Waals surface area contributed by atoms with Crippen LogP contribution in [0.1, 0.15) is 0 Å². The van der Waals surface area contributed by atoms with Gasteiger partial charge in [0.25, 0.3) is 0 Å². The summed E-state index contributed by atoms with van der Waals surface area (Å²) in [6, 6.07) is 0. The summed E-state index contributed by atoms with van der Waals surface area (Å²) in [5.74, 6) is 0. The van der Waals surface area contributed by atoms with Gasteiger partial charge in [-0.15, -0.1) is 0 Å². The number of hydrogen-bond donors (Lipinski definition) is 2. The van der Waals surface area contributed by atoms with Crippen LogP contribution >= 0.6 is 0 Å². The largest absolute Gasteiger partial charge is 1.00 e. The first-order chi connectivity index (χ1) is 2.73. The first-order valence-corrected chi connectivity index (χ1v) is 0.887. The average Bonchev–Trinajstić information content (AvgIpc) is 1.41. The van der Waals surface area contributed by atoms with E-state index in [2.05, 4.69) is 6.79 Å². The van der Waals surface area contributed by atoms with Crippen molar-refractivity contribution in [2.24, 2.45) is 0 Å². The van der Waals surface area contributed by atoms with Crippen LogP contribution in [0.4, 0.5) is 4.79 Å². The molecule has 0 aliphatic carbocycles. The molecule has 0 rings (SSSR count). The molecule has 0 aliphatic rings. The molecule has 7 heavy (non-hydrogen) atoms. The summed E-state index contributed by atoms with van der Waals surface area (Å²) >= 11 is 0. The molecule has 2 N–H and O–H groups in total. The number of carboxylic acid groups (broad SMARTS) is 2. The topological polar surface area (TPSA) is 74.6 Å². The number of carbonyl (C=O) groups excluding carboxylic acids is 1. The summed E-state index contributed by atoms with van der Waals surface area (Å²) in [6.07, 6.45) is -1.83. The van der Waals surface area contributed by atoms with Crippen LogP contribution in [-0.2, 0) is 4.79 Å². The van der Waals surface area contributed by atoms with Crippen molar-refractivity contribution in [2.45, 2.75) is 0 Å². The predicted octanol–water partition coefficient (Wildman–Crippen LogP) is -3.05. The van der Waals surface area contributed by atoms with E-state index in [9.17, 15) is 0 Å². The van der Waals surface area contributed by atoms with E-state index in [0.29, 0.717) is 0 Å². The van der Waals surface area contributed by atoms with Gasteiger partial charge in [-0.05, 0) is 0 Å². The Kier molecular flexibility index (Phi) is 35.7. The first-order valence-electron chi connectivity index (χ1n) is 0.887. The molecule has 0 saturated heterocycles. The van der Waals surface area contributed by atoms with Crippen LogP contribution in [0.2, 0.25) is 0 Å². The molecule has 0 aromatic rings. The van der Waals surface area contributed by atoms with Crippen molar-refractivity contribution >= 4 is 12.9 Å². The molecule has 0 aromatic carbocycles. The smallest absolute Gasteiger partial charge is 0.545 e. The van der Waals surface area contributed by atoms with E-state index >= 15 is 0 Å². The van der Waals surface area contributed by atoms with Gasteiger partial charge in [0, 0.05) is 0 Å². The quantitative estimate of drug-likeness (QED) is 0.207. The summed E-state index contributed by atoms with van der Waals surface area (Å²) in [5.41, 5.74) is 0. The molecule has 0 spiro atoms. The standard InChI is InChI=1S/CH2O3.CHO.K/c2-1(3)4;1-2;/h(H2,2,3,4);1H;/q;-1;+1. The second kappa shape index (κ2) is 16.0. The van der Waals surface area contributed by atoms with Gasteiger partial charge in [0.1, 0.15) is 0 Å². The third-order valence-electron chi connectivity index (χ3n) is 0. The number of hydrogen-bond acceptors (Lipinski definition) is 2. The summed E-state index contributed by atoms with van der Waals surface area (Å²) in [7, 11) is 0. The minimum Gasteiger partial charge on any atom is -0.545 e. The molecule has 0 bridgehead atoms. The Morgan fingerprint density at radius 3 is 1.29 bits per heavy atom. The van der Waals surface area contributed by atoms with Gasteiger partial charge in [-0.3, -0.25) is 6.79 Å². The monoisotopic (exact) mass is 130 g/mol. The van der Waals surface area contributed by atoms with E-state index in [1.165, 1.54) is 0 Å². The van der Waals surface area contributed by atoms with Gasteiger partial charge in [0.2, 0.25) is 0 Å². The van der Waals surface area contributed by atoms with Crippen LogP contribution in [0.25, 0.3) is 0 Å². The van der Waals surface area contributed by atoms with Gasteiger partial charge in [-0.1, -0.05) is 0 Å². The van der Waals surface area contributed by atoms with E-state index in [4.69, 9.17) is 19.8 Å². The predicted molar refractivity (Wildman–Crippen MR) is 17.4 cm³/mol. The van der Waals surface area contributed by atoms with Crippen molar-refractivity contribution in [3.8, 4) is 0 Å². The molecule has 36 valence electrons. The molecule has 0 aliphatic heterocycles. The molecule has 0 aromatic heterocycles. The van der Waals surface area contributed by atoms with Crippen LogP contribution in [0.5, 0.6) is 0 Å². The van der Waals surface area contributed by atoms with Gasteiger partial charge < -0.3 is 15.0 Å². The van der Waals surface area contributed by atoms with Crippen molar-refractivity contribution in [1.82, 2.24) is 0 Å². The van der Waals surface area contributed by atoms with Crippen LogP contribution in [0.3, 0.4) is 0 Å². The Morgan fingerprint density at radius 1 is 1.29 bits per heavy atom. The fraction of sp³-hybridized carbons (Fsp3) is 0. The SMILES string of the molecule is O=C(O)O.[CH-]=O.[K+]. The molecule has 4 nitrogen and oxygen atoms in total. The second-order valence-electron chi connectivity index (χ2n) is 0.283. The average molecular weight is 130 g/mol. The molecule has 0 atom stereocenters. The zero-order valence-electron chi connectivity index (χ0n) is 3.79. The van der Waals surface area contributed by atoms with Gasteiger partial charge >= 0.3 is 57.5 Å². The molecular weight excluding hydrogens is 127 g/mol. The molecule has 0 saturated carbocycles. The molecule has 0 unspecified atom stereocenters. The minimum atomic E-state index is -1.83. The molecule has 0 heterocycles. The van der Waals surface area contributed by atoms with Gasteiger partial charge in [-0.2, -0.15) is 0 Å². The van der Waals surface area contributed by atoms with Crippen LogP contribution in [-0.4, -0.2) is 23.2 Å². The molecule has 0 radical (unpaired) electrons. The maximum atomic E-state index is 8.56. The zero-order valence-corrected chi connectivity index (χ0v) is 6.91. The van der Waals surface area contributed by atoms with Gasteiger partial charge in [0.15, 0.2) is 0 Å². The fourth-order valence-corrected chi connectivity index (χ4v) is 0. The first kappa shape index (κ1) is 15.6. The van der Waals surface area contributed by atoms with Gasteiger partial charge in [0.05, 0.1) is 0 Å². The van der Waals surface area contributed by atoms with Crippen molar-refractivity contribution in [1.29, 1.82) is 0 Å². The third kappa shape index (κ3) is 415. The molecule has 0 fully saturated rings. The maximum Gasteiger partial charge on any atom is 1.00 e. The number of carbonyl (C=O) groups is 1. The molecule has 0 amide bonds. The van der Waals surface area contributed by atoms with E-state index in [-0.39, 0.29) is 51.4 Å². The third-order valence-corrected chi connectivity index (χ3v) is 0. The van der Waals surface area contributed by atoms with E-state index in [0.717, 1.165) is 0 Å². The Bertz CT molecular complexity index is 41.0. The normalized spacial score (nSPS) is 4.00. The Hall–Kier alpha value is 0.576. The minimum absolute atomic E-state index is 0. The Labute approximate surface area is 82.9 Å². The summed E-state index contributed by atoms with van der Waals surface area (Å²) in [6.45, 7) is 3.25. The van der Waals surface area contributed by atoms with E-state index in [1.54, 1.807) is 0 Å². The maximum absolute atomic E-state index is 8.56. The fourth-order valence-electron chi connectivity index (χ4n) is 0. The summed E-state index contributed by atoms with van der Waals surface area (Å²) in [4.78, 5) is 16.3. The molecular formula is C2H3KO4. The Balaban J connectivity index is -0.0000000480. The van der Waals surface area contributed by atoms with Crippen LogP contribution < -0.4 is 51.4 Å². The van der Waals surface area contributed by atoms with Crippen LogP contribution in [0, 0.1) is 0 Å². The zero-order chi connectivity index (χ0) is 5.58. The van der Waals surface area contributed by atoms with E-state index < -0.39 is 6.16 Å². The van der Waals surface area contributed by atoms with Crippen molar-refractivity contribution in [2.75, 3.05) is 0 Å². The Morgan fingerprint density at radius 2 is 1.29 bits per heavy atom. The van der Waals surface area contributed by atoms with Crippen LogP contribution in [0.15, 0.2) is 0 Å². The van der Waals surface area contributed by atoms with Crippen molar-refractivity contribution in [3.05, 3.63) is 0 Å². The summed E-state index contributed by atoms with van der Waals surface area (Å²) < 4.78 is 0. The van der Waals surface area contributed by atoms with Crippen molar-refractivity contribution in [3.63, 3.8) is 0 Å². The second-order valence-corrected chi connectivity index (χ2v) is 0.283. The molecule has 5 heteroatoms. The van der Waals surface area contributed by atoms with E-state index in [1.807, 2.05) is 0 Å². The number of rotatable bonds is 0. The van der Waals surface area contributed by atoms with Gasteiger partial charge in [-0.25, -0.2) is 4.79 Å². The van der Waals surface area contributed by atoms with Crippen molar-refractivity contribution < 1.29 is 71.2 Å².